The van der Waals surface area contributed by atoms with Gasteiger partial charge in [0.2, 0.25) is 5.91 Å². The van der Waals surface area contributed by atoms with Gasteiger partial charge in [0.15, 0.2) is 6.61 Å². The second kappa shape index (κ2) is 12.1. The molecular weight excluding hydrogens is 480 g/mol. The van der Waals surface area contributed by atoms with Gasteiger partial charge in [-0.15, -0.1) is 0 Å². The van der Waals surface area contributed by atoms with E-state index in [1.54, 1.807) is 19.1 Å². The zero-order valence-corrected chi connectivity index (χ0v) is 20.8. The normalized spacial score (nSPS) is 11.8. The van der Waals surface area contributed by atoms with Gasteiger partial charge in [-0.1, -0.05) is 50.6 Å². The number of aryl methyl sites for hydroxylation is 1. The number of carbonyl (C=O) groups is 2. The summed E-state index contributed by atoms with van der Waals surface area (Å²) in [6.45, 7) is 8.53. The first-order valence-corrected chi connectivity index (χ1v) is 11.6. The highest BCUT2D eigenvalue weighted by Crippen LogP contribution is 2.26. The highest BCUT2D eigenvalue weighted by molar-refractivity contribution is 9.10. The Hall–Kier alpha value is -2.05. The van der Waals surface area contributed by atoms with Gasteiger partial charge in [-0.3, -0.25) is 9.59 Å². The van der Waals surface area contributed by atoms with Crippen LogP contribution in [0, 0.1) is 5.92 Å². The molecule has 168 valence electrons. The van der Waals surface area contributed by atoms with E-state index < -0.39 is 6.04 Å². The van der Waals surface area contributed by atoms with E-state index in [0.717, 1.165) is 16.5 Å². The summed E-state index contributed by atoms with van der Waals surface area (Å²) >= 11 is 9.47. The maximum atomic E-state index is 13.1. The minimum atomic E-state index is -0.642. The smallest absolute Gasteiger partial charge is 0.261 e. The molecule has 0 radical (unpaired) electrons. The Labute approximate surface area is 198 Å². The number of rotatable bonds is 10. The fraction of sp³-hybridized carbons (Fsp3) is 0.417. The molecule has 0 fully saturated rings. The number of hydrogen-bond donors (Lipinski definition) is 1. The van der Waals surface area contributed by atoms with Crippen LogP contribution in [-0.4, -0.2) is 35.9 Å². The van der Waals surface area contributed by atoms with E-state index in [4.69, 9.17) is 16.3 Å². The maximum Gasteiger partial charge on any atom is 0.261 e. The number of nitrogens with zero attached hydrogens (tertiary/aromatic N) is 1. The Bertz CT molecular complexity index is 887. The highest BCUT2D eigenvalue weighted by atomic mass is 79.9. The summed E-state index contributed by atoms with van der Waals surface area (Å²) in [6.07, 6.45) is 0.912. The van der Waals surface area contributed by atoms with Gasteiger partial charge in [0.25, 0.3) is 5.91 Å². The molecule has 0 aliphatic carbocycles. The number of ether oxygens (including phenoxy) is 1. The molecule has 1 N–H and O–H groups in total. The Balaban J connectivity index is 2.14. The molecule has 0 saturated heterocycles. The maximum absolute atomic E-state index is 13.1. The van der Waals surface area contributed by atoms with Crippen molar-refractivity contribution < 1.29 is 14.3 Å². The van der Waals surface area contributed by atoms with Gasteiger partial charge in [-0.2, -0.15) is 0 Å². The molecule has 2 rings (SSSR count). The fourth-order valence-corrected chi connectivity index (χ4v) is 3.59. The minimum Gasteiger partial charge on any atom is -0.483 e. The van der Waals surface area contributed by atoms with Gasteiger partial charge >= 0.3 is 0 Å². The van der Waals surface area contributed by atoms with E-state index in [9.17, 15) is 9.59 Å². The molecule has 0 spiro atoms. The predicted octanol–water partition coefficient (Wildman–Crippen LogP) is 5.23. The number of amides is 2. The number of benzene rings is 2. The molecule has 1 atom stereocenters. The summed E-state index contributed by atoms with van der Waals surface area (Å²) in [5, 5.41) is 3.52. The molecule has 0 heterocycles. The van der Waals surface area contributed by atoms with E-state index in [0.29, 0.717) is 23.2 Å². The first-order valence-electron chi connectivity index (χ1n) is 10.4. The van der Waals surface area contributed by atoms with Crippen LogP contribution in [0.3, 0.4) is 0 Å². The largest absolute Gasteiger partial charge is 0.483 e. The van der Waals surface area contributed by atoms with E-state index in [1.807, 2.05) is 44.2 Å². The van der Waals surface area contributed by atoms with E-state index in [1.165, 1.54) is 10.5 Å². The van der Waals surface area contributed by atoms with Crippen LogP contribution in [-0.2, 0) is 22.6 Å². The second-order valence-corrected chi connectivity index (χ2v) is 9.16. The van der Waals surface area contributed by atoms with Crippen LogP contribution in [0.4, 0.5) is 0 Å². The van der Waals surface area contributed by atoms with Crippen molar-refractivity contribution in [3.63, 3.8) is 0 Å². The molecule has 5 nitrogen and oxygen atoms in total. The molecule has 0 bridgehead atoms. The molecule has 0 aliphatic heterocycles. The van der Waals surface area contributed by atoms with Gasteiger partial charge in [-0.25, -0.2) is 0 Å². The van der Waals surface area contributed by atoms with Crippen molar-refractivity contribution in [2.45, 2.75) is 46.7 Å². The number of halogens is 2. The summed E-state index contributed by atoms with van der Waals surface area (Å²) in [4.78, 5) is 27.3. The van der Waals surface area contributed by atoms with Crippen LogP contribution < -0.4 is 10.1 Å². The summed E-state index contributed by atoms with van der Waals surface area (Å²) in [5.41, 5.74) is 2.06. The third-order valence-electron chi connectivity index (χ3n) is 4.87. The lowest BCUT2D eigenvalue weighted by molar-refractivity contribution is -0.142. The molecule has 7 heteroatoms. The lowest BCUT2D eigenvalue weighted by Crippen LogP contribution is -2.49. The van der Waals surface area contributed by atoms with Crippen molar-refractivity contribution in [2.24, 2.45) is 5.92 Å². The Morgan fingerprint density at radius 3 is 2.32 bits per heavy atom. The van der Waals surface area contributed by atoms with Crippen molar-refractivity contribution in [1.82, 2.24) is 10.2 Å². The number of hydrogen-bond acceptors (Lipinski definition) is 3. The molecule has 0 aromatic heterocycles. The van der Waals surface area contributed by atoms with E-state index in [-0.39, 0.29) is 25.0 Å². The Kier molecular flexibility index (Phi) is 9.85. The third kappa shape index (κ3) is 7.86. The molecule has 0 aliphatic rings. The lowest BCUT2D eigenvalue weighted by atomic mass is 10.1. The van der Waals surface area contributed by atoms with Crippen LogP contribution in [0.1, 0.15) is 38.8 Å². The predicted molar refractivity (Wildman–Crippen MR) is 128 cm³/mol. The van der Waals surface area contributed by atoms with Crippen molar-refractivity contribution >= 4 is 39.3 Å². The summed E-state index contributed by atoms with van der Waals surface area (Å²) in [6, 6.07) is 12.4. The van der Waals surface area contributed by atoms with Crippen molar-refractivity contribution in [3.05, 3.63) is 63.1 Å². The van der Waals surface area contributed by atoms with Crippen molar-refractivity contribution in [1.29, 1.82) is 0 Å². The fourth-order valence-electron chi connectivity index (χ4n) is 2.93. The van der Waals surface area contributed by atoms with Gasteiger partial charge in [0, 0.05) is 18.1 Å². The molecule has 2 amide bonds. The minimum absolute atomic E-state index is 0.167. The van der Waals surface area contributed by atoms with Crippen molar-refractivity contribution in [3.8, 4) is 5.75 Å². The lowest BCUT2D eigenvalue weighted by Gasteiger charge is -2.29. The van der Waals surface area contributed by atoms with Crippen LogP contribution >= 0.6 is 27.5 Å². The standard InChI is InChI=1S/C24H30BrClN2O3/c1-5-18-8-11-22(21(25)12-18)31-15-23(29)28(14-19-6-9-20(26)10-7-19)17(4)24(30)27-13-16(2)3/h6-12,16-17H,5,13-15H2,1-4H3,(H,27,30)/t17-/m0/s1. The molecule has 0 saturated carbocycles. The van der Waals surface area contributed by atoms with Gasteiger partial charge < -0.3 is 15.0 Å². The van der Waals surface area contributed by atoms with Gasteiger partial charge in [0.05, 0.1) is 4.47 Å². The average Bonchev–Trinajstić information content (AvgIpc) is 2.75. The molecule has 0 unspecified atom stereocenters. The topological polar surface area (TPSA) is 58.6 Å². The van der Waals surface area contributed by atoms with Crippen LogP contribution in [0.15, 0.2) is 46.9 Å². The monoisotopic (exact) mass is 508 g/mol. The summed E-state index contributed by atoms with van der Waals surface area (Å²) in [7, 11) is 0. The summed E-state index contributed by atoms with van der Waals surface area (Å²) < 4.78 is 6.57. The molecule has 2 aromatic carbocycles. The molecule has 2 aromatic rings. The van der Waals surface area contributed by atoms with Crippen LogP contribution in [0.25, 0.3) is 0 Å². The van der Waals surface area contributed by atoms with Crippen LogP contribution in [0.2, 0.25) is 5.02 Å². The Morgan fingerprint density at radius 1 is 1.10 bits per heavy atom. The zero-order chi connectivity index (χ0) is 23.0. The number of carbonyl (C=O) groups excluding carboxylic acids is 2. The molecular formula is C24H30BrClN2O3. The summed E-state index contributed by atoms with van der Waals surface area (Å²) in [5.74, 6) is 0.454. The van der Waals surface area contributed by atoms with E-state index in [2.05, 4.69) is 28.2 Å². The zero-order valence-electron chi connectivity index (χ0n) is 18.5. The van der Waals surface area contributed by atoms with Crippen LogP contribution in [0.5, 0.6) is 5.75 Å². The quantitative estimate of drug-likeness (QED) is 0.477. The van der Waals surface area contributed by atoms with Gasteiger partial charge in [-0.05, 0) is 70.6 Å². The average molecular weight is 510 g/mol. The SMILES string of the molecule is CCc1ccc(OCC(=O)N(Cc2ccc(Cl)cc2)[C@@H](C)C(=O)NCC(C)C)c(Br)c1. The van der Waals surface area contributed by atoms with E-state index >= 15 is 0 Å². The third-order valence-corrected chi connectivity index (χ3v) is 5.75. The number of nitrogens with one attached hydrogen (secondary N) is 1. The highest BCUT2D eigenvalue weighted by Gasteiger charge is 2.26. The first-order chi connectivity index (χ1) is 14.7. The second-order valence-electron chi connectivity index (χ2n) is 7.87. The Morgan fingerprint density at radius 2 is 1.74 bits per heavy atom. The first kappa shape index (κ1) is 25.2. The van der Waals surface area contributed by atoms with Gasteiger partial charge in [0.1, 0.15) is 11.8 Å². The van der Waals surface area contributed by atoms with Crippen molar-refractivity contribution in [2.75, 3.05) is 13.2 Å². The molecule has 31 heavy (non-hydrogen) atoms.